The lowest BCUT2D eigenvalue weighted by atomic mass is 9.96. The molecule has 146 valence electrons. The van der Waals surface area contributed by atoms with Gasteiger partial charge in [-0.3, -0.25) is 9.88 Å². The van der Waals surface area contributed by atoms with Gasteiger partial charge in [0.2, 0.25) is 0 Å². The number of aromatic nitrogens is 5. The highest BCUT2D eigenvalue weighted by Crippen LogP contribution is 2.34. The molecule has 0 fully saturated rings. The normalized spacial score (nSPS) is 16.5. The van der Waals surface area contributed by atoms with Gasteiger partial charge in [0, 0.05) is 49.4 Å². The summed E-state index contributed by atoms with van der Waals surface area (Å²) in [6.07, 6.45) is 10.5. The van der Waals surface area contributed by atoms with E-state index in [1.807, 2.05) is 47.4 Å². The maximum absolute atomic E-state index is 5.47. The Bertz CT molecular complexity index is 1100. The van der Waals surface area contributed by atoms with Gasteiger partial charge in [-0.05, 0) is 23.8 Å². The molecule has 0 amide bonds. The molecule has 0 saturated carbocycles. The zero-order valence-corrected chi connectivity index (χ0v) is 16.2. The Hall–Kier alpha value is -3.45. The number of hydrogen-bond acceptors (Lipinski definition) is 5. The number of para-hydroxylation sites is 2. The van der Waals surface area contributed by atoms with Crippen molar-refractivity contribution in [3.63, 3.8) is 0 Å². The van der Waals surface area contributed by atoms with Gasteiger partial charge in [0.25, 0.3) is 0 Å². The molecule has 0 radical (unpaired) electrons. The number of ether oxygens (including phenoxy) is 1. The number of methoxy groups -OCH3 is 1. The Kier molecular flexibility index (Phi) is 4.57. The number of benzene rings is 1. The minimum atomic E-state index is 0.0771. The van der Waals surface area contributed by atoms with E-state index in [0.29, 0.717) is 0 Å². The summed E-state index contributed by atoms with van der Waals surface area (Å²) in [6.45, 7) is 1.72. The molecule has 29 heavy (non-hydrogen) atoms. The molecular weight excluding hydrogens is 364 g/mol. The molecule has 1 atom stereocenters. The van der Waals surface area contributed by atoms with Crippen molar-refractivity contribution in [2.45, 2.75) is 19.0 Å². The highest BCUT2D eigenvalue weighted by molar-refractivity contribution is 5.46. The van der Waals surface area contributed by atoms with Gasteiger partial charge in [-0.1, -0.05) is 18.2 Å². The zero-order valence-electron chi connectivity index (χ0n) is 16.2. The molecule has 0 saturated heterocycles. The first-order chi connectivity index (χ1) is 14.3. The van der Waals surface area contributed by atoms with Gasteiger partial charge in [-0.25, -0.2) is 9.67 Å². The summed E-state index contributed by atoms with van der Waals surface area (Å²) in [5.41, 5.74) is 5.51. The van der Waals surface area contributed by atoms with Crippen LogP contribution in [-0.2, 0) is 13.0 Å². The Morgan fingerprint density at radius 1 is 1.17 bits per heavy atom. The zero-order chi connectivity index (χ0) is 19.6. The third kappa shape index (κ3) is 3.30. The molecule has 1 aromatic carbocycles. The minimum Gasteiger partial charge on any atom is -0.494 e. The van der Waals surface area contributed by atoms with Crippen molar-refractivity contribution in [1.82, 2.24) is 29.6 Å². The van der Waals surface area contributed by atoms with Gasteiger partial charge in [0.1, 0.15) is 11.4 Å². The fourth-order valence-corrected chi connectivity index (χ4v) is 4.03. The van der Waals surface area contributed by atoms with Gasteiger partial charge < -0.3 is 9.72 Å². The quantitative estimate of drug-likeness (QED) is 0.570. The SMILES string of the molecule is COc1ccccc1-n1cc(CN2CCc3[nH]cnc3C2c2cccnc2)cn1. The van der Waals surface area contributed by atoms with E-state index in [9.17, 15) is 0 Å². The van der Waals surface area contributed by atoms with E-state index < -0.39 is 0 Å². The van der Waals surface area contributed by atoms with Gasteiger partial charge in [0.05, 0.1) is 31.4 Å². The lowest BCUT2D eigenvalue weighted by Crippen LogP contribution is -2.35. The van der Waals surface area contributed by atoms with Crippen molar-refractivity contribution in [2.24, 2.45) is 0 Å². The summed E-state index contributed by atoms with van der Waals surface area (Å²) in [6, 6.07) is 12.1. The topological polar surface area (TPSA) is 71.9 Å². The van der Waals surface area contributed by atoms with Crippen LogP contribution in [0.5, 0.6) is 5.75 Å². The van der Waals surface area contributed by atoms with Gasteiger partial charge in [-0.2, -0.15) is 5.10 Å². The molecule has 1 unspecified atom stereocenters. The van der Waals surface area contributed by atoms with Gasteiger partial charge in [0.15, 0.2) is 0 Å². The van der Waals surface area contributed by atoms with Crippen molar-refractivity contribution < 1.29 is 4.74 Å². The van der Waals surface area contributed by atoms with Crippen molar-refractivity contribution in [1.29, 1.82) is 0 Å². The fourth-order valence-electron chi connectivity index (χ4n) is 4.03. The number of imidazole rings is 1. The van der Waals surface area contributed by atoms with Gasteiger partial charge >= 0.3 is 0 Å². The number of rotatable bonds is 5. The van der Waals surface area contributed by atoms with E-state index in [4.69, 9.17) is 4.74 Å². The number of aromatic amines is 1. The highest BCUT2D eigenvalue weighted by atomic mass is 16.5. The van der Waals surface area contributed by atoms with E-state index in [1.54, 1.807) is 19.6 Å². The Balaban J connectivity index is 1.45. The average molecular weight is 386 g/mol. The van der Waals surface area contributed by atoms with E-state index in [1.165, 1.54) is 5.69 Å². The van der Waals surface area contributed by atoms with Crippen molar-refractivity contribution in [3.05, 3.63) is 90.0 Å². The van der Waals surface area contributed by atoms with E-state index in [-0.39, 0.29) is 6.04 Å². The first-order valence-corrected chi connectivity index (χ1v) is 9.66. The summed E-state index contributed by atoms with van der Waals surface area (Å²) >= 11 is 0. The van der Waals surface area contributed by atoms with E-state index >= 15 is 0 Å². The molecule has 7 nitrogen and oxygen atoms in total. The van der Waals surface area contributed by atoms with Crippen LogP contribution in [0.1, 0.15) is 28.6 Å². The Morgan fingerprint density at radius 3 is 2.97 bits per heavy atom. The number of H-pyrrole nitrogens is 1. The van der Waals surface area contributed by atoms with Crippen molar-refractivity contribution in [3.8, 4) is 11.4 Å². The van der Waals surface area contributed by atoms with Crippen LogP contribution in [0.2, 0.25) is 0 Å². The molecule has 1 N–H and O–H groups in total. The van der Waals surface area contributed by atoms with E-state index in [2.05, 4.69) is 37.2 Å². The molecular formula is C22H22N6O. The van der Waals surface area contributed by atoms with E-state index in [0.717, 1.165) is 47.8 Å². The van der Waals surface area contributed by atoms with Crippen LogP contribution >= 0.6 is 0 Å². The smallest absolute Gasteiger partial charge is 0.144 e. The molecule has 4 aromatic rings. The number of hydrogen-bond donors (Lipinski definition) is 1. The van der Waals surface area contributed by atoms with Crippen LogP contribution in [0.15, 0.2) is 67.5 Å². The Morgan fingerprint density at radius 2 is 2.10 bits per heavy atom. The minimum absolute atomic E-state index is 0.0771. The monoisotopic (exact) mass is 386 g/mol. The summed E-state index contributed by atoms with van der Waals surface area (Å²) in [5.74, 6) is 0.800. The second-order valence-corrected chi connectivity index (χ2v) is 7.14. The lowest BCUT2D eigenvalue weighted by molar-refractivity contribution is 0.200. The number of fused-ring (bicyclic) bond motifs is 1. The maximum atomic E-state index is 5.47. The van der Waals surface area contributed by atoms with Crippen LogP contribution in [0.25, 0.3) is 5.69 Å². The molecule has 0 spiro atoms. The molecule has 0 bridgehead atoms. The highest BCUT2D eigenvalue weighted by Gasteiger charge is 2.31. The number of nitrogens with one attached hydrogen (secondary N) is 1. The summed E-state index contributed by atoms with van der Waals surface area (Å²) in [4.78, 5) is 14.7. The molecule has 4 heterocycles. The molecule has 5 rings (SSSR count). The first-order valence-electron chi connectivity index (χ1n) is 9.66. The van der Waals surface area contributed by atoms with Crippen LogP contribution in [-0.4, -0.2) is 43.3 Å². The Labute approximate surface area is 169 Å². The predicted octanol–water partition coefficient (Wildman–Crippen LogP) is 3.15. The van der Waals surface area contributed by atoms with Gasteiger partial charge in [-0.15, -0.1) is 0 Å². The molecule has 0 aliphatic carbocycles. The second kappa shape index (κ2) is 7.52. The maximum Gasteiger partial charge on any atom is 0.144 e. The van der Waals surface area contributed by atoms with Crippen molar-refractivity contribution in [2.75, 3.05) is 13.7 Å². The molecule has 1 aliphatic rings. The summed E-state index contributed by atoms with van der Waals surface area (Å²) in [7, 11) is 1.68. The predicted molar refractivity (Wildman–Crippen MR) is 109 cm³/mol. The average Bonchev–Trinajstić information content (AvgIpc) is 3.44. The summed E-state index contributed by atoms with van der Waals surface area (Å²) < 4.78 is 7.35. The summed E-state index contributed by atoms with van der Waals surface area (Å²) in [5, 5.41) is 4.57. The van der Waals surface area contributed by atoms with Crippen molar-refractivity contribution >= 4 is 0 Å². The first kappa shape index (κ1) is 17.6. The van der Waals surface area contributed by atoms with Crippen LogP contribution < -0.4 is 4.74 Å². The van der Waals surface area contributed by atoms with Crippen LogP contribution in [0.3, 0.4) is 0 Å². The largest absolute Gasteiger partial charge is 0.494 e. The second-order valence-electron chi connectivity index (χ2n) is 7.14. The third-order valence-corrected chi connectivity index (χ3v) is 5.38. The number of nitrogens with zero attached hydrogens (tertiary/aromatic N) is 5. The number of pyridine rings is 1. The van der Waals surface area contributed by atoms with Crippen LogP contribution in [0, 0.1) is 0 Å². The standard InChI is InChI=1S/C22H22N6O/c1-29-20-7-3-2-6-19(20)28-14-16(11-26-28)13-27-10-8-18-21(25-15-24-18)22(27)17-5-4-9-23-12-17/h2-7,9,11-12,14-15,22H,8,10,13H2,1H3,(H,24,25). The third-order valence-electron chi connectivity index (χ3n) is 5.38. The lowest BCUT2D eigenvalue weighted by Gasteiger charge is -2.34. The fraction of sp³-hybridized carbons (Fsp3) is 0.227. The molecule has 3 aromatic heterocycles. The van der Waals surface area contributed by atoms with Crippen LogP contribution in [0.4, 0.5) is 0 Å². The molecule has 1 aliphatic heterocycles. The molecule has 7 heteroatoms.